The zero-order chi connectivity index (χ0) is 14.8. The standard InChI is InChI=1S/C18H19Br2N/c1-12(13-3-2-4-16(19)9-13)21-18-8-6-14-10-17(20)7-5-15(14)11-18/h2-5,7,9-10,12,18,21H,6,8,11H2,1H3. The van der Waals surface area contributed by atoms with Crippen LogP contribution in [0.1, 0.15) is 36.1 Å². The molecule has 0 amide bonds. The molecule has 21 heavy (non-hydrogen) atoms. The van der Waals surface area contributed by atoms with E-state index in [0.29, 0.717) is 12.1 Å². The van der Waals surface area contributed by atoms with Crippen molar-refractivity contribution < 1.29 is 0 Å². The molecule has 0 spiro atoms. The van der Waals surface area contributed by atoms with Gasteiger partial charge in [0.15, 0.2) is 0 Å². The number of hydrogen-bond donors (Lipinski definition) is 1. The Kier molecular flexibility index (Phi) is 4.82. The molecule has 3 heteroatoms. The van der Waals surface area contributed by atoms with E-state index in [1.807, 2.05) is 0 Å². The van der Waals surface area contributed by atoms with Crippen LogP contribution < -0.4 is 5.32 Å². The van der Waals surface area contributed by atoms with E-state index < -0.39 is 0 Å². The molecule has 110 valence electrons. The van der Waals surface area contributed by atoms with Gasteiger partial charge in [-0.2, -0.15) is 0 Å². The summed E-state index contributed by atoms with van der Waals surface area (Å²) in [6.45, 7) is 2.25. The highest BCUT2D eigenvalue weighted by Crippen LogP contribution is 2.26. The molecule has 0 saturated carbocycles. The molecule has 0 aromatic heterocycles. The minimum Gasteiger partial charge on any atom is -0.307 e. The van der Waals surface area contributed by atoms with Crippen LogP contribution in [-0.4, -0.2) is 6.04 Å². The molecule has 0 bridgehead atoms. The van der Waals surface area contributed by atoms with Gasteiger partial charge in [-0.15, -0.1) is 0 Å². The molecule has 0 heterocycles. The monoisotopic (exact) mass is 407 g/mol. The van der Waals surface area contributed by atoms with Crippen LogP contribution in [-0.2, 0) is 12.8 Å². The summed E-state index contributed by atoms with van der Waals surface area (Å²) in [6.07, 6.45) is 3.50. The summed E-state index contributed by atoms with van der Waals surface area (Å²) in [5.74, 6) is 0. The fraction of sp³-hybridized carbons (Fsp3) is 0.333. The van der Waals surface area contributed by atoms with Crippen LogP contribution in [0.3, 0.4) is 0 Å². The predicted molar refractivity (Wildman–Crippen MR) is 95.6 cm³/mol. The Morgan fingerprint density at radius 1 is 1.05 bits per heavy atom. The highest BCUT2D eigenvalue weighted by Gasteiger charge is 2.20. The molecule has 2 aromatic rings. The first-order valence-electron chi connectivity index (χ1n) is 7.40. The molecule has 1 N–H and O–H groups in total. The molecule has 2 unspecified atom stereocenters. The molecule has 0 radical (unpaired) electrons. The van der Waals surface area contributed by atoms with Crippen LogP contribution in [0.25, 0.3) is 0 Å². The highest BCUT2D eigenvalue weighted by atomic mass is 79.9. The number of fused-ring (bicyclic) bond motifs is 1. The van der Waals surface area contributed by atoms with Gasteiger partial charge < -0.3 is 5.32 Å². The van der Waals surface area contributed by atoms with Gasteiger partial charge in [-0.1, -0.05) is 50.1 Å². The molecule has 0 aliphatic heterocycles. The Morgan fingerprint density at radius 3 is 2.67 bits per heavy atom. The number of aryl methyl sites for hydroxylation is 1. The maximum absolute atomic E-state index is 3.79. The Morgan fingerprint density at radius 2 is 1.86 bits per heavy atom. The van der Waals surface area contributed by atoms with Crippen LogP contribution in [0.4, 0.5) is 0 Å². The van der Waals surface area contributed by atoms with E-state index in [1.165, 1.54) is 27.6 Å². The average Bonchev–Trinajstić information content (AvgIpc) is 2.47. The zero-order valence-electron chi connectivity index (χ0n) is 12.1. The van der Waals surface area contributed by atoms with Gasteiger partial charge in [-0.25, -0.2) is 0 Å². The van der Waals surface area contributed by atoms with Crippen molar-refractivity contribution in [3.05, 3.63) is 68.1 Å². The van der Waals surface area contributed by atoms with Crippen LogP contribution in [0.2, 0.25) is 0 Å². The predicted octanol–water partition coefficient (Wildman–Crippen LogP) is 5.42. The van der Waals surface area contributed by atoms with Gasteiger partial charge in [-0.05, 0) is 67.1 Å². The lowest BCUT2D eigenvalue weighted by Crippen LogP contribution is -2.36. The van der Waals surface area contributed by atoms with Crippen molar-refractivity contribution in [2.24, 2.45) is 0 Å². The summed E-state index contributed by atoms with van der Waals surface area (Å²) in [4.78, 5) is 0. The van der Waals surface area contributed by atoms with Gasteiger partial charge in [0.1, 0.15) is 0 Å². The van der Waals surface area contributed by atoms with E-state index in [2.05, 4.69) is 86.6 Å². The van der Waals surface area contributed by atoms with Crippen molar-refractivity contribution in [3.63, 3.8) is 0 Å². The van der Waals surface area contributed by atoms with E-state index in [9.17, 15) is 0 Å². The largest absolute Gasteiger partial charge is 0.307 e. The number of halogens is 2. The molecule has 1 aliphatic carbocycles. The normalized spacial score (nSPS) is 19.1. The lowest BCUT2D eigenvalue weighted by molar-refractivity contribution is 0.413. The van der Waals surface area contributed by atoms with Crippen molar-refractivity contribution >= 4 is 31.9 Å². The van der Waals surface area contributed by atoms with E-state index in [4.69, 9.17) is 0 Å². The van der Waals surface area contributed by atoms with Gasteiger partial charge in [0.05, 0.1) is 0 Å². The summed E-state index contributed by atoms with van der Waals surface area (Å²) in [7, 11) is 0. The molecule has 0 fully saturated rings. The summed E-state index contributed by atoms with van der Waals surface area (Å²) in [5, 5.41) is 3.79. The van der Waals surface area contributed by atoms with Gasteiger partial charge in [-0.3, -0.25) is 0 Å². The molecule has 0 saturated heterocycles. The second-order valence-corrected chi connectivity index (χ2v) is 7.63. The maximum Gasteiger partial charge on any atom is 0.0294 e. The van der Waals surface area contributed by atoms with Gasteiger partial charge in [0.25, 0.3) is 0 Å². The molecular formula is C18H19Br2N. The topological polar surface area (TPSA) is 12.0 Å². The lowest BCUT2D eigenvalue weighted by Gasteiger charge is -2.29. The molecule has 3 rings (SSSR count). The highest BCUT2D eigenvalue weighted by molar-refractivity contribution is 9.10. The lowest BCUT2D eigenvalue weighted by atomic mass is 9.88. The third-order valence-electron chi connectivity index (χ3n) is 4.23. The zero-order valence-corrected chi connectivity index (χ0v) is 15.2. The van der Waals surface area contributed by atoms with Crippen LogP contribution in [0, 0.1) is 0 Å². The summed E-state index contributed by atoms with van der Waals surface area (Å²) in [5.41, 5.74) is 4.33. The summed E-state index contributed by atoms with van der Waals surface area (Å²) in [6, 6.07) is 16.2. The SMILES string of the molecule is CC(NC1CCc2cc(Br)ccc2C1)c1cccc(Br)c1. The fourth-order valence-electron chi connectivity index (χ4n) is 3.09. The summed E-state index contributed by atoms with van der Waals surface area (Å²) < 4.78 is 2.34. The van der Waals surface area contributed by atoms with Crippen molar-refractivity contribution in [2.75, 3.05) is 0 Å². The first-order valence-corrected chi connectivity index (χ1v) is 8.99. The van der Waals surface area contributed by atoms with Crippen molar-refractivity contribution in [1.29, 1.82) is 0 Å². The Hall–Kier alpha value is -0.640. The van der Waals surface area contributed by atoms with Crippen molar-refractivity contribution in [3.8, 4) is 0 Å². The minimum absolute atomic E-state index is 0.379. The van der Waals surface area contributed by atoms with Crippen LogP contribution in [0.5, 0.6) is 0 Å². The second kappa shape index (κ2) is 6.64. The molecule has 2 atom stereocenters. The van der Waals surface area contributed by atoms with Crippen molar-refractivity contribution in [1.82, 2.24) is 5.32 Å². The molecule has 1 aliphatic rings. The third kappa shape index (κ3) is 3.77. The van der Waals surface area contributed by atoms with E-state index in [-0.39, 0.29) is 0 Å². The van der Waals surface area contributed by atoms with Gasteiger partial charge in [0.2, 0.25) is 0 Å². The fourth-order valence-corrected chi connectivity index (χ4v) is 3.92. The number of rotatable bonds is 3. The van der Waals surface area contributed by atoms with Crippen LogP contribution in [0.15, 0.2) is 51.4 Å². The third-order valence-corrected chi connectivity index (χ3v) is 5.22. The second-order valence-electron chi connectivity index (χ2n) is 5.80. The summed E-state index contributed by atoms with van der Waals surface area (Å²) >= 11 is 7.11. The first kappa shape index (κ1) is 15.3. The maximum atomic E-state index is 3.79. The minimum atomic E-state index is 0.379. The average molecular weight is 409 g/mol. The quantitative estimate of drug-likeness (QED) is 0.714. The number of hydrogen-bond acceptors (Lipinski definition) is 1. The molecule has 2 aromatic carbocycles. The van der Waals surface area contributed by atoms with Crippen LogP contribution >= 0.6 is 31.9 Å². The Bertz CT molecular complexity index is 639. The van der Waals surface area contributed by atoms with Gasteiger partial charge in [0, 0.05) is 21.0 Å². The first-order chi connectivity index (χ1) is 10.1. The molecular weight excluding hydrogens is 390 g/mol. The number of nitrogens with one attached hydrogen (secondary N) is 1. The van der Waals surface area contributed by atoms with E-state index >= 15 is 0 Å². The Labute approximate surface area is 143 Å². The number of benzene rings is 2. The molecule has 1 nitrogen and oxygen atoms in total. The van der Waals surface area contributed by atoms with E-state index in [0.717, 1.165) is 17.3 Å². The van der Waals surface area contributed by atoms with E-state index in [1.54, 1.807) is 0 Å². The van der Waals surface area contributed by atoms with Crippen molar-refractivity contribution in [2.45, 2.75) is 38.3 Å². The Balaban J connectivity index is 1.68. The smallest absolute Gasteiger partial charge is 0.0294 e. The van der Waals surface area contributed by atoms with Gasteiger partial charge >= 0.3 is 0 Å².